The van der Waals surface area contributed by atoms with Crippen LogP contribution in [-0.2, 0) is 19.8 Å². The number of hydrogen-bond donors (Lipinski definition) is 1. The van der Waals surface area contributed by atoms with Crippen LogP contribution < -0.4 is 10.2 Å². The van der Waals surface area contributed by atoms with E-state index in [0.29, 0.717) is 35.7 Å². The van der Waals surface area contributed by atoms with Gasteiger partial charge in [0.1, 0.15) is 5.69 Å². The van der Waals surface area contributed by atoms with Crippen molar-refractivity contribution in [2.45, 2.75) is 32.7 Å². The Kier molecular flexibility index (Phi) is 7.28. The fraction of sp³-hybridized carbons (Fsp3) is 0.385. The number of para-hydroxylation sites is 1. The Balaban J connectivity index is 1.72. The van der Waals surface area contributed by atoms with Crippen LogP contribution in [0.25, 0.3) is 22.5 Å². The van der Waals surface area contributed by atoms with Crippen LogP contribution in [0.2, 0.25) is 0 Å². The topological polar surface area (TPSA) is 98.6 Å². The van der Waals surface area contributed by atoms with Crippen LogP contribution in [0.1, 0.15) is 37.6 Å². The van der Waals surface area contributed by atoms with Gasteiger partial charge in [-0.1, -0.05) is 41.6 Å². The van der Waals surface area contributed by atoms with Crippen molar-refractivity contribution in [3.05, 3.63) is 54.1 Å². The Bertz CT molecular complexity index is 1210. The van der Waals surface area contributed by atoms with Gasteiger partial charge in [0.25, 0.3) is 5.91 Å². The van der Waals surface area contributed by atoms with Crippen molar-refractivity contribution in [2.75, 3.05) is 38.5 Å². The van der Waals surface area contributed by atoms with Crippen LogP contribution in [0.4, 0.5) is 5.69 Å². The first kappa shape index (κ1) is 24.6. The quantitative estimate of drug-likeness (QED) is 0.499. The van der Waals surface area contributed by atoms with E-state index >= 15 is 0 Å². The number of benzene rings is 2. The molecule has 0 spiro atoms. The SMILES string of the molecule is COCCOCCC(=O)NCN1C(=O)c2ccccc2-c2nnn(C(C)(C)C)c2-c2ccccc21. The van der Waals surface area contributed by atoms with Crippen molar-refractivity contribution >= 4 is 17.5 Å². The molecule has 0 atom stereocenters. The third kappa shape index (κ3) is 5.11. The molecule has 9 heteroatoms. The second-order valence-electron chi connectivity index (χ2n) is 9.28. The van der Waals surface area contributed by atoms with Gasteiger partial charge in [-0.25, -0.2) is 4.68 Å². The number of fused-ring (bicyclic) bond motifs is 5. The largest absolute Gasteiger partial charge is 0.382 e. The molecule has 9 nitrogen and oxygen atoms in total. The molecule has 4 rings (SSSR count). The molecule has 2 heterocycles. The molecule has 2 amide bonds. The molecule has 35 heavy (non-hydrogen) atoms. The average Bonchev–Trinajstić information content (AvgIpc) is 3.29. The second-order valence-corrected chi connectivity index (χ2v) is 9.28. The van der Waals surface area contributed by atoms with E-state index in [0.717, 1.165) is 11.3 Å². The van der Waals surface area contributed by atoms with Crippen LogP contribution >= 0.6 is 0 Å². The minimum Gasteiger partial charge on any atom is -0.382 e. The van der Waals surface area contributed by atoms with Crippen LogP contribution in [0.3, 0.4) is 0 Å². The number of anilines is 1. The number of amides is 2. The standard InChI is InChI=1S/C26H31N5O4/c1-26(2,3)31-24-20-11-7-8-12-21(20)30(17-27-22(32)13-14-35-16-15-34-4)25(33)19-10-6-5-9-18(19)23(24)28-29-31/h5-12H,13-17H2,1-4H3,(H,27,32). The Labute approximate surface area is 205 Å². The molecule has 1 aliphatic heterocycles. The summed E-state index contributed by atoms with van der Waals surface area (Å²) in [5, 5.41) is 11.9. The maximum atomic E-state index is 13.8. The van der Waals surface area contributed by atoms with Crippen LogP contribution in [0.5, 0.6) is 0 Å². The highest BCUT2D eigenvalue weighted by Gasteiger charge is 2.33. The zero-order chi connectivity index (χ0) is 25.0. The van der Waals surface area contributed by atoms with Gasteiger partial charge in [0.2, 0.25) is 5.91 Å². The molecule has 1 aromatic heterocycles. The molecule has 0 fully saturated rings. The number of methoxy groups -OCH3 is 1. The van der Waals surface area contributed by atoms with Gasteiger partial charge in [0, 0.05) is 23.8 Å². The summed E-state index contributed by atoms with van der Waals surface area (Å²) in [6, 6.07) is 15.0. The maximum Gasteiger partial charge on any atom is 0.260 e. The summed E-state index contributed by atoms with van der Waals surface area (Å²) < 4.78 is 12.2. The van der Waals surface area contributed by atoms with E-state index in [-0.39, 0.29) is 37.0 Å². The second kappa shape index (κ2) is 10.4. The number of carbonyl (C=O) groups excluding carboxylic acids is 2. The molecule has 0 saturated heterocycles. The van der Waals surface area contributed by atoms with Crippen molar-refractivity contribution in [1.82, 2.24) is 20.3 Å². The van der Waals surface area contributed by atoms with E-state index < -0.39 is 0 Å². The minimum atomic E-state index is -0.340. The first-order chi connectivity index (χ1) is 16.8. The van der Waals surface area contributed by atoms with Gasteiger partial charge in [-0.3, -0.25) is 14.5 Å². The summed E-state index contributed by atoms with van der Waals surface area (Å²) in [6.07, 6.45) is 0.189. The Hall–Kier alpha value is -3.56. The van der Waals surface area contributed by atoms with Crippen LogP contribution in [0.15, 0.2) is 48.5 Å². The van der Waals surface area contributed by atoms with E-state index in [4.69, 9.17) is 9.47 Å². The van der Waals surface area contributed by atoms with Gasteiger partial charge >= 0.3 is 0 Å². The lowest BCUT2D eigenvalue weighted by molar-refractivity contribution is -0.122. The molecule has 2 aromatic carbocycles. The maximum absolute atomic E-state index is 13.8. The molecule has 1 aliphatic rings. The number of nitrogens with one attached hydrogen (secondary N) is 1. The summed E-state index contributed by atoms with van der Waals surface area (Å²) in [5.74, 6) is -0.425. The van der Waals surface area contributed by atoms with Crippen molar-refractivity contribution in [3.63, 3.8) is 0 Å². The Morgan fingerprint density at radius 1 is 0.971 bits per heavy atom. The third-order valence-electron chi connectivity index (χ3n) is 5.75. The van der Waals surface area contributed by atoms with Gasteiger partial charge in [-0.15, -0.1) is 5.10 Å². The fourth-order valence-electron chi connectivity index (χ4n) is 4.04. The number of nitrogens with zero attached hydrogens (tertiary/aromatic N) is 4. The van der Waals surface area contributed by atoms with E-state index in [9.17, 15) is 9.59 Å². The van der Waals surface area contributed by atoms with Gasteiger partial charge in [-0.05, 0) is 32.9 Å². The molecule has 3 aromatic rings. The highest BCUT2D eigenvalue weighted by Crippen LogP contribution is 2.42. The van der Waals surface area contributed by atoms with Gasteiger partial charge in [0.05, 0.1) is 49.8 Å². The van der Waals surface area contributed by atoms with Crippen LogP contribution in [0, 0.1) is 0 Å². The zero-order valence-corrected chi connectivity index (χ0v) is 20.6. The van der Waals surface area contributed by atoms with E-state index in [1.165, 1.54) is 0 Å². The lowest BCUT2D eigenvalue weighted by Crippen LogP contribution is -2.42. The van der Waals surface area contributed by atoms with Gasteiger partial charge < -0.3 is 14.8 Å². The van der Waals surface area contributed by atoms with Gasteiger partial charge in [0.15, 0.2) is 0 Å². The van der Waals surface area contributed by atoms with E-state index in [2.05, 4.69) is 36.4 Å². The predicted octanol–water partition coefficient (Wildman–Crippen LogP) is 3.45. The summed E-state index contributed by atoms with van der Waals surface area (Å²) >= 11 is 0. The minimum absolute atomic E-state index is 0.0213. The zero-order valence-electron chi connectivity index (χ0n) is 20.6. The lowest BCUT2D eigenvalue weighted by atomic mass is 9.94. The molecule has 1 N–H and O–H groups in total. The number of ether oxygens (including phenoxy) is 2. The molecule has 0 unspecified atom stereocenters. The van der Waals surface area contributed by atoms with Crippen molar-refractivity contribution in [2.24, 2.45) is 0 Å². The summed E-state index contributed by atoms with van der Waals surface area (Å²) in [6.45, 7) is 7.39. The lowest BCUT2D eigenvalue weighted by Gasteiger charge is -2.30. The van der Waals surface area contributed by atoms with Crippen molar-refractivity contribution in [3.8, 4) is 22.5 Å². The van der Waals surface area contributed by atoms with Crippen molar-refractivity contribution < 1.29 is 19.1 Å². The molecule has 184 valence electrons. The highest BCUT2D eigenvalue weighted by atomic mass is 16.5. The first-order valence-corrected chi connectivity index (χ1v) is 11.6. The Morgan fingerprint density at radius 2 is 1.66 bits per heavy atom. The molecule has 0 saturated carbocycles. The monoisotopic (exact) mass is 477 g/mol. The summed E-state index contributed by atoms with van der Waals surface area (Å²) in [7, 11) is 1.60. The summed E-state index contributed by atoms with van der Waals surface area (Å²) in [5.41, 5.74) is 3.86. The molecular formula is C26H31N5O4. The molecule has 0 aliphatic carbocycles. The first-order valence-electron chi connectivity index (χ1n) is 11.6. The molecule has 0 radical (unpaired) electrons. The molecule has 0 bridgehead atoms. The van der Waals surface area contributed by atoms with Gasteiger partial charge in [-0.2, -0.15) is 0 Å². The fourth-order valence-corrected chi connectivity index (χ4v) is 4.04. The Morgan fingerprint density at radius 3 is 2.37 bits per heavy atom. The smallest absolute Gasteiger partial charge is 0.260 e. The van der Waals surface area contributed by atoms with E-state index in [1.807, 2.05) is 47.1 Å². The number of carbonyl (C=O) groups is 2. The average molecular weight is 478 g/mol. The normalized spacial score (nSPS) is 12.9. The number of aromatic nitrogens is 3. The molecular weight excluding hydrogens is 446 g/mol. The number of rotatable bonds is 8. The highest BCUT2D eigenvalue weighted by molar-refractivity contribution is 6.14. The number of hydrogen-bond acceptors (Lipinski definition) is 6. The predicted molar refractivity (Wildman–Crippen MR) is 133 cm³/mol. The van der Waals surface area contributed by atoms with Crippen LogP contribution in [-0.4, -0.2) is 60.4 Å². The van der Waals surface area contributed by atoms with E-state index in [1.54, 1.807) is 18.1 Å². The van der Waals surface area contributed by atoms with Crippen molar-refractivity contribution in [1.29, 1.82) is 0 Å². The summed E-state index contributed by atoms with van der Waals surface area (Å²) in [4.78, 5) is 27.9. The third-order valence-corrected chi connectivity index (χ3v) is 5.75.